The summed E-state index contributed by atoms with van der Waals surface area (Å²) in [6.45, 7) is 3.25. The Hall–Kier alpha value is -0.580. The minimum atomic E-state index is -0.518. The van der Waals surface area contributed by atoms with Crippen molar-refractivity contribution in [3.05, 3.63) is 28.2 Å². The average molecular weight is 315 g/mol. The molecule has 1 N–H and O–H groups in total. The Morgan fingerprint density at radius 1 is 1.56 bits per heavy atom. The lowest BCUT2D eigenvalue weighted by atomic mass is 10.1. The molecular weight excluding hydrogens is 296 g/mol. The molecule has 1 aliphatic heterocycles. The van der Waals surface area contributed by atoms with E-state index in [2.05, 4.69) is 15.9 Å². The lowest BCUT2D eigenvalue weighted by Gasteiger charge is -2.15. The fraction of sp³-hybridized carbons (Fsp3) is 0.571. The summed E-state index contributed by atoms with van der Waals surface area (Å²) in [5, 5.41) is 9.69. The standard InChI is InChI=1S/C14H19BrO3/c1-10(16)13-5-4-11(15)9-14(13)18-8-6-12-3-2-7-17-12/h4-5,9-10,12,16H,2-3,6-8H2,1H3. The van der Waals surface area contributed by atoms with Crippen molar-refractivity contribution in [2.75, 3.05) is 13.2 Å². The highest BCUT2D eigenvalue weighted by molar-refractivity contribution is 9.10. The van der Waals surface area contributed by atoms with Gasteiger partial charge in [0, 0.05) is 23.1 Å². The SMILES string of the molecule is CC(O)c1ccc(Br)cc1OCCC1CCCO1. The van der Waals surface area contributed by atoms with Gasteiger partial charge in [0.15, 0.2) is 0 Å². The van der Waals surface area contributed by atoms with Crippen LogP contribution in [0, 0.1) is 0 Å². The van der Waals surface area contributed by atoms with E-state index in [1.54, 1.807) is 6.92 Å². The first-order valence-electron chi connectivity index (χ1n) is 6.38. The van der Waals surface area contributed by atoms with E-state index in [9.17, 15) is 5.11 Å². The number of rotatable bonds is 5. The normalized spacial score (nSPS) is 20.9. The minimum Gasteiger partial charge on any atom is -0.493 e. The van der Waals surface area contributed by atoms with Crippen molar-refractivity contribution in [1.29, 1.82) is 0 Å². The van der Waals surface area contributed by atoms with Gasteiger partial charge < -0.3 is 14.6 Å². The number of hydrogen-bond acceptors (Lipinski definition) is 3. The van der Waals surface area contributed by atoms with Gasteiger partial charge in [-0.2, -0.15) is 0 Å². The maximum Gasteiger partial charge on any atom is 0.126 e. The quantitative estimate of drug-likeness (QED) is 0.904. The van der Waals surface area contributed by atoms with Crippen LogP contribution < -0.4 is 4.74 Å². The van der Waals surface area contributed by atoms with E-state index in [0.29, 0.717) is 12.7 Å². The van der Waals surface area contributed by atoms with E-state index in [-0.39, 0.29) is 0 Å². The zero-order chi connectivity index (χ0) is 13.0. The minimum absolute atomic E-state index is 0.340. The van der Waals surface area contributed by atoms with E-state index in [0.717, 1.165) is 41.7 Å². The van der Waals surface area contributed by atoms with Crippen LogP contribution in [0.5, 0.6) is 5.75 Å². The number of hydrogen-bond donors (Lipinski definition) is 1. The van der Waals surface area contributed by atoms with Crippen LogP contribution in [0.3, 0.4) is 0 Å². The summed E-state index contributed by atoms with van der Waals surface area (Å²) in [4.78, 5) is 0. The largest absolute Gasteiger partial charge is 0.493 e. The lowest BCUT2D eigenvalue weighted by molar-refractivity contribution is 0.0896. The Balaban J connectivity index is 1.92. The highest BCUT2D eigenvalue weighted by Crippen LogP contribution is 2.29. The zero-order valence-corrected chi connectivity index (χ0v) is 12.1. The molecule has 2 atom stereocenters. The molecule has 0 saturated carbocycles. The smallest absolute Gasteiger partial charge is 0.126 e. The van der Waals surface area contributed by atoms with E-state index < -0.39 is 6.10 Å². The third kappa shape index (κ3) is 3.70. The molecule has 3 nitrogen and oxygen atoms in total. The monoisotopic (exact) mass is 314 g/mol. The molecule has 0 spiro atoms. The number of benzene rings is 1. The highest BCUT2D eigenvalue weighted by atomic mass is 79.9. The summed E-state index contributed by atoms with van der Waals surface area (Å²) in [7, 11) is 0. The van der Waals surface area contributed by atoms with Gasteiger partial charge in [-0.25, -0.2) is 0 Å². The van der Waals surface area contributed by atoms with Gasteiger partial charge >= 0.3 is 0 Å². The van der Waals surface area contributed by atoms with Crippen LogP contribution in [-0.2, 0) is 4.74 Å². The predicted molar refractivity (Wildman–Crippen MR) is 73.9 cm³/mol. The lowest BCUT2D eigenvalue weighted by Crippen LogP contribution is -2.11. The topological polar surface area (TPSA) is 38.7 Å². The van der Waals surface area contributed by atoms with Gasteiger partial charge in [0.05, 0.1) is 18.8 Å². The summed E-state index contributed by atoms with van der Waals surface area (Å²) in [6.07, 6.45) is 3.01. The second-order valence-corrected chi connectivity index (χ2v) is 5.55. The maximum atomic E-state index is 9.69. The molecule has 0 bridgehead atoms. The predicted octanol–water partition coefficient (Wildman–Crippen LogP) is 3.45. The maximum absolute atomic E-state index is 9.69. The van der Waals surface area contributed by atoms with Crippen molar-refractivity contribution < 1.29 is 14.6 Å². The number of aliphatic hydroxyl groups is 1. The van der Waals surface area contributed by atoms with Gasteiger partial charge in [0.25, 0.3) is 0 Å². The van der Waals surface area contributed by atoms with Gasteiger partial charge in [0.1, 0.15) is 5.75 Å². The van der Waals surface area contributed by atoms with Crippen molar-refractivity contribution in [3.63, 3.8) is 0 Å². The van der Waals surface area contributed by atoms with E-state index in [1.807, 2.05) is 18.2 Å². The molecule has 1 aromatic carbocycles. The first-order valence-corrected chi connectivity index (χ1v) is 7.18. The third-order valence-corrected chi connectivity index (χ3v) is 3.64. The Morgan fingerprint density at radius 3 is 3.06 bits per heavy atom. The molecule has 2 unspecified atom stereocenters. The van der Waals surface area contributed by atoms with Crippen LogP contribution in [0.25, 0.3) is 0 Å². The van der Waals surface area contributed by atoms with E-state index >= 15 is 0 Å². The molecule has 1 aromatic rings. The molecule has 0 aliphatic carbocycles. The number of ether oxygens (including phenoxy) is 2. The second kappa shape index (κ2) is 6.55. The Morgan fingerprint density at radius 2 is 2.39 bits per heavy atom. The molecule has 2 rings (SSSR count). The zero-order valence-electron chi connectivity index (χ0n) is 10.6. The van der Waals surface area contributed by atoms with Crippen molar-refractivity contribution in [2.24, 2.45) is 0 Å². The molecule has 4 heteroatoms. The fourth-order valence-corrected chi connectivity index (χ4v) is 2.49. The second-order valence-electron chi connectivity index (χ2n) is 4.63. The van der Waals surface area contributed by atoms with Crippen LogP contribution >= 0.6 is 15.9 Å². The molecule has 0 aromatic heterocycles. The first kappa shape index (κ1) is 13.8. The van der Waals surface area contributed by atoms with Gasteiger partial charge in [-0.05, 0) is 31.9 Å². The van der Waals surface area contributed by atoms with Crippen LogP contribution in [0.1, 0.15) is 37.9 Å². The van der Waals surface area contributed by atoms with Gasteiger partial charge in [-0.15, -0.1) is 0 Å². The van der Waals surface area contributed by atoms with Gasteiger partial charge in [-0.1, -0.05) is 22.0 Å². The van der Waals surface area contributed by atoms with Crippen molar-refractivity contribution >= 4 is 15.9 Å². The van der Waals surface area contributed by atoms with Crippen molar-refractivity contribution in [1.82, 2.24) is 0 Å². The molecule has 0 amide bonds. The Bertz CT molecular complexity index is 387. The van der Waals surface area contributed by atoms with Gasteiger partial charge in [-0.3, -0.25) is 0 Å². The molecule has 1 aliphatic rings. The van der Waals surface area contributed by atoms with Crippen LogP contribution in [-0.4, -0.2) is 24.4 Å². The van der Waals surface area contributed by atoms with Crippen molar-refractivity contribution in [3.8, 4) is 5.75 Å². The van der Waals surface area contributed by atoms with Crippen LogP contribution in [0.2, 0.25) is 0 Å². The fourth-order valence-electron chi connectivity index (χ4n) is 2.15. The van der Waals surface area contributed by atoms with E-state index in [1.165, 1.54) is 0 Å². The van der Waals surface area contributed by atoms with Crippen LogP contribution in [0.15, 0.2) is 22.7 Å². The molecule has 1 fully saturated rings. The Labute approximate surface area is 116 Å². The molecular formula is C14H19BrO3. The molecule has 1 saturated heterocycles. The highest BCUT2D eigenvalue weighted by Gasteiger charge is 2.16. The Kier molecular flexibility index (Phi) is 5.03. The molecule has 100 valence electrons. The average Bonchev–Trinajstić information content (AvgIpc) is 2.82. The summed E-state index contributed by atoms with van der Waals surface area (Å²) < 4.78 is 12.3. The first-order chi connectivity index (χ1) is 8.66. The van der Waals surface area contributed by atoms with Gasteiger partial charge in [0.2, 0.25) is 0 Å². The third-order valence-electron chi connectivity index (χ3n) is 3.15. The molecule has 18 heavy (non-hydrogen) atoms. The molecule has 1 heterocycles. The summed E-state index contributed by atoms with van der Waals surface area (Å²) in [6, 6.07) is 5.70. The van der Waals surface area contributed by atoms with E-state index in [4.69, 9.17) is 9.47 Å². The van der Waals surface area contributed by atoms with Crippen molar-refractivity contribution in [2.45, 2.75) is 38.4 Å². The summed E-state index contributed by atoms with van der Waals surface area (Å²) in [5.41, 5.74) is 0.825. The molecule has 0 radical (unpaired) electrons. The number of halogens is 1. The van der Waals surface area contributed by atoms with Crippen LogP contribution in [0.4, 0.5) is 0 Å². The number of aliphatic hydroxyl groups excluding tert-OH is 1. The summed E-state index contributed by atoms with van der Waals surface area (Å²) >= 11 is 3.42. The summed E-state index contributed by atoms with van der Waals surface area (Å²) in [5.74, 6) is 0.748.